The molecule has 1 unspecified atom stereocenters. The van der Waals surface area contributed by atoms with E-state index in [0.29, 0.717) is 0 Å². The summed E-state index contributed by atoms with van der Waals surface area (Å²) < 4.78 is 0. The largest absolute Gasteiger partial charge is 0.360 e. The van der Waals surface area contributed by atoms with Gasteiger partial charge in [0, 0.05) is 33.3 Å². The fourth-order valence-corrected chi connectivity index (χ4v) is 4.67. The van der Waals surface area contributed by atoms with Crippen LogP contribution in [0, 0.1) is 0 Å². The van der Waals surface area contributed by atoms with Crippen LogP contribution in [0.3, 0.4) is 0 Å². The number of carbonyl (C=O) groups is 1. The lowest BCUT2D eigenvalue weighted by Crippen LogP contribution is -2.32. The molecule has 26 heavy (non-hydrogen) atoms. The van der Waals surface area contributed by atoms with Crippen LogP contribution >= 0.6 is 11.8 Å². The second-order valence-electron chi connectivity index (χ2n) is 7.00. The molecule has 1 N–H and O–H groups in total. The van der Waals surface area contributed by atoms with E-state index in [1.54, 1.807) is 0 Å². The van der Waals surface area contributed by atoms with E-state index in [1.807, 2.05) is 24.0 Å². The third-order valence-corrected chi connectivity index (χ3v) is 6.25. The molecule has 3 nitrogen and oxygen atoms in total. The van der Waals surface area contributed by atoms with Gasteiger partial charge < -0.3 is 4.98 Å². The number of likely N-dealkylation sites (tertiary alicyclic amines) is 1. The average molecular weight is 365 g/mol. The Kier molecular flexibility index (Phi) is 5.14. The maximum absolute atomic E-state index is 13.0. The molecular formula is C22H24N2OS. The first kappa shape index (κ1) is 17.4. The number of nitrogens with zero attached hydrogens (tertiary/aromatic N) is 1. The number of aromatic amines is 1. The number of benzene rings is 2. The molecule has 2 heterocycles. The highest BCUT2D eigenvalue weighted by Crippen LogP contribution is 2.26. The summed E-state index contributed by atoms with van der Waals surface area (Å²) >= 11 is 1.87. The van der Waals surface area contributed by atoms with E-state index in [9.17, 15) is 4.79 Å². The topological polar surface area (TPSA) is 36.1 Å². The van der Waals surface area contributed by atoms with Crippen LogP contribution in [0.1, 0.15) is 28.8 Å². The number of likely N-dealkylation sites (N-methyl/N-ethyl adjacent to an activating group) is 1. The van der Waals surface area contributed by atoms with Crippen molar-refractivity contribution < 1.29 is 4.79 Å². The third kappa shape index (κ3) is 3.57. The minimum atomic E-state index is 0.0336. The van der Waals surface area contributed by atoms with Gasteiger partial charge >= 0.3 is 0 Å². The van der Waals surface area contributed by atoms with Crippen molar-refractivity contribution in [1.82, 2.24) is 9.88 Å². The minimum absolute atomic E-state index is 0.0336. The minimum Gasteiger partial charge on any atom is -0.360 e. The normalized spacial score (nSPS) is 17.8. The molecule has 1 aliphatic rings. The molecule has 1 aliphatic heterocycles. The Morgan fingerprint density at radius 3 is 2.85 bits per heavy atom. The van der Waals surface area contributed by atoms with Gasteiger partial charge in [0.1, 0.15) is 0 Å². The van der Waals surface area contributed by atoms with Gasteiger partial charge in [-0.05, 0) is 62.7 Å². The molecule has 4 rings (SSSR count). The van der Waals surface area contributed by atoms with Crippen molar-refractivity contribution in [3.63, 3.8) is 0 Å². The molecule has 0 radical (unpaired) electrons. The Morgan fingerprint density at radius 2 is 2.08 bits per heavy atom. The smallest absolute Gasteiger partial charge is 0.182 e. The summed E-state index contributed by atoms with van der Waals surface area (Å²) in [5, 5.41) is 1.07. The molecule has 0 aliphatic carbocycles. The van der Waals surface area contributed by atoms with Crippen LogP contribution in [0.4, 0.5) is 0 Å². The highest BCUT2D eigenvalue weighted by molar-refractivity contribution is 7.99. The van der Waals surface area contributed by atoms with Gasteiger partial charge in [0.05, 0.1) is 6.04 Å². The zero-order chi connectivity index (χ0) is 17.9. The summed E-state index contributed by atoms with van der Waals surface area (Å²) in [5.41, 5.74) is 3.18. The van der Waals surface area contributed by atoms with Gasteiger partial charge in [0.25, 0.3) is 0 Å². The van der Waals surface area contributed by atoms with Crippen LogP contribution in [-0.2, 0) is 6.42 Å². The van der Waals surface area contributed by atoms with Crippen LogP contribution in [0.15, 0.2) is 59.6 Å². The SMILES string of the molecule is CN1CCCC1C(=O)c1c[nH]c2ccc(CCSc3ccccc3)cc12. The first-order chi connectivity index (χ1) is 12.7. The summed E-state index contributed by atoms with van der Waals surface area (Å²) in [5.74, 6) is 1.29. The Hall–Kier alpha value is -2.04. The van der Waals surface area contributed by atoms with Gasteiger partial charge in [-0.3, -0.25) is 9.69 Å². The van der Waals surface area contributed by atoms with Gasteiger partial charge in [-0.1, -0.05) is 24.3 Å². The fraction of sp³-hybridized carbons (Fsp3) is 0.318. The number of rotatable bonds is 6. The molecule has 2 aromatic carbocycles. The molecule has 0 spiro atoms. The van der Waals surface area contributed by atoms with Gasteiger partial charge in [-0.2, -0.15) is 0 Å². The first-order valence-electron chi connectivity index (χ1n) is 9.25. The molecule has 4 heteroatoms. The van der Waals surface area contributed by atoms with Crippen molar-refractivity contribution in [1.29, 1.82) is 0 Å². The van der Waals surface area contributed by atoms with Crippen molar-refractivity contribution in [2.45, 2.75) is 30.2 Å². The number of thioether (sulfide) groups is 1. The van der Waals surface area contributed by atoms with E-state index in [-0.39, 0.29) is 11.8 Å². The van der Waals surface area contributed by atoms with Crippen molar-refractivity contribution >= 4 is 28.4 Å². The van der Waals surface area contributed by atoms with Crippen molar-refractivity contribution in [3.05, 3.63) is 65.9 Å². The predicted molar refractivity (Wildman–Crippen MR) is 109 cm³/mol. The van der Waals surface area contributed by atoms with E-state index in [0.717, 1.165) is 48.0 Å². The number of ketones is 1. The zero-order valence-electron chi connectivity index (χ0n) is 15.1. The van der Waals surface area contributed by atoms with E-state index in [1.165, 1.54) is 10.5 Å². The number of fused-ring (bicyclic) bond motifs is 1. The molecule has 134 valence electrons. The van der Waals surface area contributed by atoms with Crippen LogP contribution < -0.4 is 0 Å². The number of aromatic nitrogens is 1. The molecule has 1 atom stereocenters. The molecule has 1 saturated heterocycles. The van der Waals surface area contributed by atoms with Crippen LogP contribution in [0.25, 0.3) is 10.9 Å². The second-order valence-corrected chi connectivity index (χ2v) is 8.17. The monoisotopic (exact) mass is 364 g/mol. The number of H-pyrrole nitrogens is 1. The molecule has 3 aromatic rings. The molecular weight excluding hydrogens is 340 g/mol. The molecule has 0 amide bonds. The van der Waals surface area contributed by atoms with Gasteiger partial charge in [-0.15, -0.1) is 11.8 Å². The number of aryl methyl sites for hydroxylation is 1. The lowest BCUT2D eigenvalue weighted by Gasteiger charge is -2.17. The summed E-state index contributed by atoms with van der Waals surface area (Å²) in [6, 6.07) is 17.0. The Morgan fingerprint density at radius 1 is 1.23 bits per heavy atom. The van der Waals surface area contributed by atoms with Crippen LogP contribution in [0.5, 0.6) is 0 Å². The second kappa shape index (κ2) is 7.68. The lowest BCUT2D eigenvalue weighted by molar-refractivity contribution is 0.0892. The maximum atomic E-state index is 13.0. The Labute approximate surface area is 158 Å². The Balaban J connectivity index is 1.50. The van der Waals surface area contributed by atoms with E-state index >= 15 is 0 Å². The van der Waals surface area contributed by atoms with Gasteiger partial charge in [-0.25, -0.2) is 0 Å². The van der Waals surface area contributed by atoms with Crippen molar-refractivity contribution in [2.75, 3.05) is 19.3 Å². The molecule has 1 fully saturated rings. The fourth-order valence-electron chi connectivity index (χ4n) is 3.75. The highest BCUT2D eigenvalue weighted by Gasteiger charge is 2.29. The number of carbonyl (C=O) groups excluding carboxylic acids is 1. The van der Waals surface area contributed by atoms with Crippen molar-refractivity contribution in [2.24, 2.45) is 0 Å². The van der Waals surface area contributed by atoms with Gasteiger partial charge in [0.2, 0.25) is 0 Å². The number of Topliss-reactive ketones (excluding diaryl/α,β-unsaturated/α-hetero) is 1. The average Bonchev–Trinajstić information content (AvgIpc) is 3.28. The summed E-state index contributed by atoms with van der Waals surface area (Å²) in [6.45, 7) is 1.01. The van der Waals surface area contributed by atoms with Crippen molar-refractivity contribution in [3.8, 4) is 0 Å². The predicted octanol–water partition coefficient (Wildman–Crippen LogP) is 4.78. The molecule has 0 bridgehead atoms. The lowest BCUT2D eigenvalue weighted by atomic mass is 10.00. The third-order valence-electron chi connectivity index (χ3n) is 5.24. The summed E-state index contributed by atoms with van der Waals surface area (Å²) in [6.07, 6.45) is 4.96. The van der Waals surface area contributed by atoms with Crippen LogP contribution in [0.2, 0.25) is 0 Å². The number of hydrogen-bond acceptors (Lipinski definition) is 3. The number of hydrogen-bond donors (Lipinski definition) is 1. The quantitative estimate of drug-likeness (QED) is 0.505. The first-order valence-corrected chi connectivity index (χ1v) is 10.2. The summed E-state index contributed by atoms with van der Waals surface area (Å²) in [7, 11) is 2.05. The van der Waals surface area contributed by atoms with E-state index in [2.05, 4.69) is 59.4 Å². The van der Waals surface area contributed by atoms with Gasteiger partial charge in [0.15, 0.2) is 5.78 Å². The Bertz CT molecular complexity index is 903. The standard InChI is InChI=1S/C22H24N2OS/c1-24-12-5-8-21(24)22(25)19-15-23-20-10-9-16(14-18(19)20)11-13-26-17-6-3-2-4-7-17/h2-4,6-7,9-10,14-15,21,23H,5,8,11-13H2,1H3. The molecule has 0 saturated carbocycles. The van der Waals surface area contributed by atoms with E-state index < -0.39 is 0 Å². The number of nitrogens with one attached hydrogen (secondary N) is 1. The zero-order valence-corrected chi connectivity index (χ0v) is 15.9. The van der Waals surface area contributed by atoms with E-state index in [4.69, 9.17) is 0 Å². The highest BCUT2D eigenvalue weighted by atomic mass is 32.2. The maximum Gasteiger partial charge on any atom is 0.182 e. The summed E-state index contributed by atoms with van der Waals surface area (Å²) in [4.78, 5) is 19.7. The van der Waals surface area contributed by atoms with Crippen LogP contribution in [-0.4, -0.2) is 41.1 Å². The molecule has 1 aromatic heterocycles.